The summed E-state index contributed by atoms with van der Waals surface area (Å²) >= 11 is 0. The summed E-state index contributed by atoms with van der Waals surface area (Å²) in [6, 6.07) is 0.452. The summed E-state index contributed by atoms with van der Waals surface area (Å²) in [5.74, 6) is -3.17. The molecule has 0 heterocycles. The van der Waals surface area contributed by atoms with Gasteiger partial charge in [0.05, 0.1) is 12.6 Å². The molecular formula is C12H14F3NO2. The lowest BCUT2D eigenvalue weighted by molar-refractivity contribution is -0.150. The maximum absolute atomic E-state index is 13.7. The maximum atomic E-state index is 13.7. The molecular weight excluding hydrogens is 247 g/mol. The predicted octanol–water partition coefficient (Wildman–Crippen LogP) is 2.17. The Balaban J connectivity index is 3.07. The van der Waals surface area contributed by atoms with E-state index in [0.717, 1.165) is 6.07 Å². The lowest BCUT2D eigenvalue weighted by Gasteiger charge is -2.17. The molecule has 0 spiro atoms. The van der Waals surface area contributed by atoms with Crippen LogP contribution in [0.1, 0.15) is 24.1 Å². The summed E-state index contributed by atoms with van der Waals surface area (Å²) in [5.41, 5.74) is 4.86. The predicted molar refractivity (Wildman–Crippen MR) is 59.6 cm³/mol. The van der Waals surface area contributed by atoms with E-state index < -0.39 is 35.4 Å². The number of esters is 1. The first kappa shape index (κ1) is 14.5. The van der Waals surface area contributed by atoms with Crippen molar-refractivity contribution in [1.82, 2.24) is 0 Å². The second kappa shape index (κ2) is 5.86. The second-order valence-electron chi connectivity index (χ2n) is 3.77. The fourth-order valence-corrected chi connectivity index (χ4v) is 1.50. The Morgan fingerprint density at radius 2 is 2.06 bits per heavy atom. The van der Waals surface area contributed by atoms with Crippen LogP contribution in [0.2, 0.25) is 0 Å². The molecule has 6 heteroatoms. The van der Waals surface area contributed by atoms with Crippen LogP contribution >= 0.6 is 0 Å². The van der Waals surface area contributed by atoms with Crippen LogP contribution in [0.5, 0.6) is 0 Å². The monoisotopic (exact) mass is 261 g/mol. The van der Waals surface area contributed by atoms with Crippen molar-refractivity contribution in [2.75, 3.05) is 6.61 Å². The number of carbonyl (C=O) groups excluding carboxylic acids is 1. The summed E-state index contributed by atoms with van der Waals surface area (Å²) in [6.07, 6.45) is -2.31. The van der Waals surface area contributed by atoms with E-state index in [2.05, 4.69) is 4.74 Å². The first-order valence-corrected chi connectivity index (χ1v) is 5.40. The van der Waals surface area contributed by atoms with Crippen LogP contribution in [0.4, 0.5) is 13.2 Å². The van der Waals surface area contributed by atoms with Crippen molar-refractivity contribution in [3.63, 3.8) is 0 Å². The quantitative estimate of drug-likeness (QED) is 0.845. The largest absolute Gasteiger partial charge is 0.464 e. The third-order valence-corrected chi connectivity index (χ3v) is 2.48. The number of hydrogen-bond acceptors (Lipinski definition) is 3. The Labute approximate surface area is 103 Å². The van der Waals surface area contributed by atoms with Crippen LogP contribution in [-0.4, -0.2) is 18.7 Å². The average molecular weight is 261 g/mol. The third kappa shape index (κ3) is 2.81. The SMILES string of the molecule is CCOC(=O)C(F)[C@H](N)c1c(F)ccc(C)c1F. The van der Waals surface area contributed by atoms with Crippen molar-refractivity contribution in [3.05, 3.63) is 34.9 Å². The number of rotatable bonds is 4. The number of halogens is 3. The van der Waals surface area contributed by atoms with Crippen molar-refractivity contribution < 1.29 is 22.7 Å². The first-order valence-electron chi connectivity index (χ1n) is 5.40. The Kier molecular flexibility index (Phi) is 4.72. The minimum atomic E-state index is -2.31. The molecule has 0 bridgehead atoms. The van der Waals surface area contributed by atoms with Crippen LogP contribution < -0.4 is 5.73 Å². The zero-order valence-electron chi connectivity index (χ0n) is 10.0. The molecule has 0 aromatic heterocycles. The summed E-state index contributed by atoms with van der Waals surface area (Å²) in [4.78, 5) is 11.1. The number of nitrogens with two attached hydrogens (primary N) is 1. The maximum Gasteiger partial charge on any atom is 0.342 e. The van der Waals surface area contributed by atoms with Gasteiger partial charge in [-0.25, -0.2) is 18.0 Å². The molecule has 0 fully saturated rings. The number of ether oxygens (including phenoxy) is 1. The van der Waals surface area contributed by atoms with Gasteiger partial charge in [-0.05, 0) is 25.5 Å². The molecule has 1 aromatic rings. The van der Waals surface area contributed by atoms with Crippen LogP contribution in [0, 0.1) is 18.6 Å². The van der Waals surface area contributed by atoms with Gasteiger partial charge in [0, 0.05) is 5.56 Å². The molecule has 0 saturated carbocycles. The molecule has 1 rings (SSSR count). The molecule has 1 unspecified atom stereocenters. The molecule has 1 aromatic carbocycles. The highest BCUT2D eigenvalue weighted by Gasteiger charge is 2.32. The summed E-state index contributed by atoms with van der Waals surface area (Å²) in [7, 11) is 0. The van der Waals surface area contributed by atoms with Crippen molar-refractivity contribution in [1.29, 1.82) is 0 Å². The van der Waals surface area contributed by atoms with E-state index in [4.69, 9.17) is 5.73 Å². The van der Waals surface area contributed by atoms with Gasteiger partial charge < -0.3 is 10.5 Å². The highest BCUT2D eigenvalue weighted by atomic mass is 19.1. The zero-order valence-corrected chi connectivity index (χ0v) is 10.0. The number of hydrogen-bond donors (Lipinski definition) is 1. The van der Waals surface area contributed by atoms with Gasteiger partial charge in [0.2, 0.25) is 6.17 Å². The fraction of sp³-hybridized carbons (Fsp3) is 0.417. The molecule has 0 amide bonds. The molecule has 0 aliphatic carbocycles. The van der Waals surface area contributed by atoms with Gasteiger partial charge in [-0.2, -0.15) is 0 Å². The number of carbonyl (C=O) groups is 1. The van der Waals surface area contributed by atoms with E-state index in [1.165, 1.54) is 19.9 Å². The van der Waals surface area contributed by atoms with Crippen LogP contribution in [0.25, 0.3) is 0 Å². The zero-order chi connectivity index (χ0) is 13.9. The summed E-state index contributed by atoms with van der Waals surface area (Å²) in [5, 5.41) is 0. The molecule has 100 valence electrons. The molecule has 3 nitrogen and oxygen atoms in total. The summed E-state index contributed by atoms with van der Waals surface area (Å²) < 4.78 is 45.2. The highest BCUT2D eigenvalue weighted by molar-refractivity contribution is 5.75. The van der Waals surface area contributed by atoms with E-state index in [1.54, 1.807) is 0 Å². The van der Waals surface area contributed by atoms with Gasteiger partial charge in [-0.1, -0.05) is 6.07 Å². The Morgan fingerprint density at radius 3 is 2.61 bits per heavy atom. The lowest BCUT2D eigenvalue weighted by Crippen LogP contribution is -2.33. The molecule has 0 aliphatic heterocycles. The van der Waals surface area contributed by atoms with Gasteiger partial charge in [0.1, 0.15) is 11.6 Å². The minimum Gasteiger partial charge on any atom is -0.464 e. The van der Waals surface area contributed by atoms with Crippen LogP contribution in [0.15, 0.2) is 12.1 Å². The average Bonchev–Trinajstić information content (AvgIpc) is 2.33. The van der Waals surface area contributed by atoms with Crippen LogP contribution in [-0.2, 0) is 9.53 Å². The molecule has 0 saturated heterocycles. The fourth-order valence-electron chi connectivity index (χ4n) is 1.50. The van der Waals surface area contributed by atoms with E-state index >= 15 is 0 Å². The molecule has 0 aliphatic rings. The van der Waals surface area contributed by atoms with Gasteiger partial charge in [0.25, 0.3) is 0 Å². The molecule has 2 atom stereocenters. The normalized spacial score (nSPS) is 14.1. The Morgan fingerprint density at radius 1 is 1.44 bits per heavy atom. The third-order valence-electron chi connectivity index (χ3n) is 2.48. The van der Waals surface area contributed by atoms with Gasteiger partial charge in [0.15, 0.2) is 0 Å². The van der Waals surface area contributed by atoms with Crippen molar-refractivity contribution in [2.24, 2.45) is 5.73 Å². The lowest BCUT2D eigenvalue weighted by atomic mass is 9.99. The number of benzene rings is 1. The van der Waals surface area contributed by atoms with Gasteiger partial charge in [-0.3, -0.25) is 0 Å². The molecule has 18 heavy (non-hydrogen) atoms. The Hall–Kier alpha value is -1.56. The first-order chi connectivity index (χ1) is 8.40. The summed E-state index contributed by atoms with van der Waals surface area (Å²) in [6.45, 7) is 2.84. The van der Waals surface area contributed by atoms with Crippen LogP contribution in [0.3, 0.4) is 0 Å². The van der Waals surface area contributed by atoms with E-state index in [-0.39, 0.29) is 12.2 Å². The minimum absolute atomic E-state index is 0.0369. The smallest absolute Gasteiger partial charge is 0.342 e. The molecule has 2 N–H and O–H groups in total. The topological polar surface area (TPSA) is 52.3 Å². The Bertz CT molecular complexity index is 451. The molecule has 0 radical (unpaired) electrons. The van der Waals surface area contributed by atoms with Gasteiger partial charge in [-0.15, -0.1) is 0 Å². The number of aryl methyl sites for hydroxylation is 1. The van der Waals surface area contributed by atoms with E-state index in [9.17, 15) is 18.0 Å². The standard InChI is InChI=1S/C12H14F3NO2/c1-3-18-12(17)10(15)11(16)8-7(13)5-4-6(2)9(8)14/h4-5,10-11H,3,16H2,1-2H3/t10?,11-/m1/s1. The highest BCUT2D eigenvalue weighted by Crippen LogP contribution is 2.25. The van der Waals surface area contributed by atoms with Crippen molar-refractivity contribution in [3.8, 4) is 0 Å². The van der Waals surface area contributed by atoms with E-state index in [0.29, 0.717) is 0 Å². The number of alkyl halides is 1. The van der Waals surface area contributed by atoms with Crippen molar-refractivity contribution in [2.45, 2.75) is 26.1 Å². The second-order valence-corrected chi connectivity index (χ2v) is 3.77. The van der Waals surface area contributed by atoms with Crippen molar-refractivity contribution >= 4 is 5.97 Å². The van der Waals surface area contributed by atoms with Gasteiger partial charge >= 0.3 is 5.97 Å². The van der Waals surface area contributed by atoms with E-state index in [1.807, 2.05) is 0 Å².